The van der Waals surface area contributed by atoms with E-state index < -0.39 is 29.3 Å². The average molecular weight is 690 g/mol. The van der Waals surface area contributed by atoms with Crippen LogP contribution in [-0.2, 0) is 4.79 Å². The van der Waals surface area contributed by atoms with Crippen LogP contribution < -0.4 is 9.64 Å². The average Bonchev–Trinajstić information content (AvgIpc) is 3.69. The van der Waals surface area contributed by atoms with Crippen LogP contribution in [0.5, 0.6) is 6.01 Å². The fraction of sp³-hybridized carbons (Fsp3) is 0.308. The molecule has 3 aliphatic heterocycles. The molecule has 8 rings (SSSR count). The van der Waals surface area contributed by atoms with Gasteiger partial charge in [0.05, 0.1) is 16.6 Å². The molecule has 3 aromatic heterocycles. The first-order valence-corrected chi connectivity index (χ1v) is 17.0. The Morgan fingerprint density at radius 2 is 1.86 bits per heavy atom. The third-order valence-corrected chi connectivity index (χ3v) is 10.2. The van der Waals surface area contributed by atoms with Crippen molar-refractivity contribution in [1.29, 1.82) is 0 Å². The first kappa shape index (κ1) is 32.7. The summed E-state index contributed by atoms with van der Waals surface area (Å²) in [4.78, 5) is 36.4. The van der Waals surface area contributed by atoms with Crippen molar-refractivity contribution in [2.45, 2.75) is 31.0 Å². The standard InChI is InChI=1S/C39H34F3N7O2/c1-2-25-8-5-9-26-10-6-12-29(32(25)26)34-33(42)35-30(22-44-34)36(46-38(45-35)51-24-39-13-7-15-49(39)23-27(40)21-39)47-16-18-48(19-17-47)37(50)31(41)20-28-11-3-4-14-43-28/h1,3-6,8-12,14,20,22,27H,7,13,15-19,21,23-24H2/b31-20-/t27-,39+/m1/s1. The third kappa shape index (κ3) is 6.01. The van der Waals surface area contributed by atoms with Gasteiger partial charge in [-0.3, -0.25) is 19.7 Å². The minimum Gasteiger partial charge on any atom is -0.461 e. The van der Waals surface area contributed by atoms with Gasteiger partial charge in [-0.05, 0) is 43.0 Å². The highest BCUT2D eigenvalue weighted by molar-refractivity contribution is 6.02. The number of anilines is 1. The van der Waals surface area contributed by atoms with Gasteiger partial charge in [0.25, 0.3) is 5.91 Å². The van der Waals surface area contributed by atoms with E-state index in [1.165, 1.54) is 11.1 Å². The van der Waals surface area contributed by atoms with E-state index in [1.807, 2.05) is 29.2 Å². The molecule has 5 aromatic rings. The van der Waals surface area contributed by atoms with Crippen molar-refractivity contribution in [3.8, 4) is 29.6 Å². The molecule has 12 heteroatoms. The molecular formula is C39H34F3N7O2. The topological polar surface area (TPSA) is 87.6 Å². The van der Waals surface area contributed by atoms with Gasteiger partial charge in [-0.2, -0.15) is 9.97 Å². The number of fused-ring (bicyclic) bond motifs is 3. The molecule has 6 heterocycles. The minimum absolute atomic E-state index is 0.00797. The largest absolute Gasteiger partial charge is 0.461 e. The van der Waals surface area contributed by atoms with Crippen LogP contribution in [0.15, 0.2) is 72.8 Å². The zero-order valence-corrected chi connectivity index (χ0v) is 27.7. The second-order valence-corrected chi connectivity index (χ2v) is 13.3. The van der Waals surface area contributed by atoms with E-state index in [0.29, 0.717) is 46.4 Å². The van der Waals surface area contributed by atoms with Gasteiger partial charge in [0, 0.05) is 74.1 Å². The van der Waals surface area contributed by atoms with Crippen molar-refractivity contribution < 1.29 is 22.7 Å². The van der Waals surface area contributed by atoms with Crippen LogP contribution >= 0.6 is 0 Å². The van der Waals surface area contributed by atoms with Crippen molar-refractivity contribution in [3.63, 3.8) is 0 Å². The molecule has 3 aliphatic rings. The molecular weight excluding hydrogens is 655 g/mol. The van der Waals surface area contributed by atoms with Gasteiger partial charge in [0.2, 0.25) is 0 Å². The van der Waals surface area contributed by atoms with Gasteiger partial charge in [0.1, 0.15) is 29.8 Å². The summed E-state index contributed by atoms with van der Waals surface area (Å²) in [6, 6.07) is 16.1. The Labute approximate surface area is 292 Å². The van der Waals surface area contributed by atoms with Crippen LogP contribution in [0.3, 0.4) is 0 Å². The van der Waals surface area contributed by atoms with Crippen molar-refractivity contribution >= 4 is 39.5 Å². The number of alkyl halides is 1. The number of aromatic nitrogens is 4. The molecule has 0 aliphatic carbocycles. The Hall–Kier alpha value is -5.54. The van der Waals surface area contributed by atoms with Gasteiger partial charge in [-0.1, -0.05) is 42.3 Å². The van der Waals surface area contributed by atoms with Crippen LogP contribution in [0.1, 0.15) is 30.5 Å². The number of nitrogens with zero attached hydrogens (tertiary/aromatic N) is 7. The second-order valence-electron chi connectivity index (χ2n) is 13.3. The quantitative estimate of drug-likeness (QED) is 0.153. The summed E-state index contributed by atoms with van der Waals surface area (Å²) in [6.45, 7) is 2.28. The van der Waals surface area contributed by atoms with Gasteiger partial charge in [0.15, 0.2) is 11.6 Å². The number of piperazine rings is 1. The predicted octanol–water partition coefficient (Wildman–Crippen LogP) is 5.97. The normalized spacial score (nSPS) is 20.9. The number of hydrogen-bond donors (Lipinski definition) is 0. The fourth-order valence-electron chi connectivity index (χ4n) is 7.75. The van der Waals surface area contributed by atoms with Crippen LogP contribution in [0.25, 0.3) is 39.0 Å². The maximum Gasteiger partial charge on any atom is 0.319 e. The molecule has 51 heavy (non-hydrogen) atoms. The van der Waals surface area contributed by atoms with Crippen molar-refractivity contribution in [2.24, 2.45) is 0 Å². The lowest BCUT2D eigenvalue weighted by Gasteiger charge is -2.35. The van der Waals surface area contributed by atoms with E-state index in [1.54, 1.807) is 36.5 Å². The number of halogens is 3. The maximum absolute atomic E-state index is 16.8. The molecule has 1 amide bonds. The van der Waals surface area contributed by atoms with E-state index in [2.05, 4.69) is 25.8 Å². The summed E-state index contributed by atoms with van der Waals surface area (Å²) in [5.41, 5.74) is 1.10. The van der Waals surface area contributed by atoms with Crippen LogP contribution in [0, 0.1) is 18.2 Å². The summed E-state index contributed by atoms with van der Waals surface area (Å²) in [7, 11) is 0. The molecule has 0 bridgehead atoms. The number of ether oxygens (including phenoxy) is 1. The first-order valence-electron chi connectivity index (χ1n) is 17.0. The molecule has 0 spiro atoms. The van der Waals surface area contributed by atoms with E-state index in [0.717, 1.165) is 30.8 Å². The molecule has 0 radical (unpaired) electrons. The predicted molar refractivity (Wildman–Crippen MR) is 189 cm³/mol. The number of pyridine rings is 2. The second kappa shape index (κ2) is 13.3. The summed E-state index contributed by atoms with van der Waals surface area (Å²) < 4.78 is 52.6. The number of carbonyl (C=O) groups excluding carboxylic acids is 1. The summed E-state index contributed by atoms with van der Waals surface area (Å²) in [5.74, 6) is 0.767. The fourth-order valence-corrected chi connectivity index (χ4v) is 7.75. The molecule has 2 atom stereocenters. The lowest BCUT2D eigenvalue weighted by molar-refractivity contribution is -0.128. The van der Waals surface area contributed by atoms with E-state index in [9.17, 15) is 13.6 Å². The molecule has 2 aromatic carbocycles. The van der Waals surface area contributed by atoms with E-state index in [-0.39, 0.29) is 50.0 Å². The van der Waals surface area contributed by atoms with Gasteiger partial charge in [-0.15, -0.1) is 6.42 Å². The number of amides is 1. The number of benzene rings is 2. The molecule has 3 fully saturated rings. The highest BCUT2D eigenvalue weighted by atomic mass is 19.1. The maximum atomic E-state index is 16.8. The Morgan fingerprint density at radius 1 is 1.04 bits per heavy atom. The van der Waals surface area contributed by atoms with E-state index in [4.69, 9.17) is 16.1 Å². The molecule has 258 valence electrons. The Balaban J connectivity index is 1.15. The molecule has 3 saturated heterocycles. The Kier molecular flexibility index (Phi) is 8.52. The zero-order valence-electron chi connectivity index (χ0n) is 27.7. The molecule has 0 unspecified atom stereocenters. The highest BCUT2D eigenvalue weighted by Crippen LogP contribution is 2.41. The monoisotopic (exact) mass is 689 g/mol. The van der Waals surface area contributed by atoms with E-state index >= 15 is 4.39 Å². The number of carbonyl (C=O) groups is 1. The van der Waals surface area contributed by atoms with Gasteiger partial charge >= 0.3 is 6.01 Å². The summed E-state index contributed by atoms with van der Waals surface area (Å²) in [6.07, 6.45) is 11.2. The van der Waals surface area contributed by atoms with Crippen LogP contribution in [0.4, 0.5) is 19.0 Å². The number of terminal acetylenes is 1. The van der Waals surface area contributed by atoms with Crippen molar-refractivity contribution in [2.75, 3.05) is 50.8 Å². The Morgan fingerprint density at radius 3 is 2.65 bits per heavy atom. The highest BCUT2D eigenvalue weighted by Gasteiger charge is 2.49. The zero-order chi connectivity index (χ0) is 35.1. The van der Waals surface area contributed by atoms with Crippen molar-refractivity contribution in [3.05, 3.63) is 89.9 Å². The SMILES string of the molecule is C#Cc1cccc2cccc(-c3ncc4c(N5CCN(C(=O)/C(F)=C/c6ccccn6)CC5)nc(OC[C@@]56CCCN5C[C@H](F)C6)nc4c3F)c12. The van der Waals surface area contributed by atoms with Crippen molar-refractivity contribution in [1.82, 2.24) is 29.7 Å². The third-order valence-electron chi connectivity index (χ3n) is 10.2. The van der Waals surface area contributed by atoms with Gasteiger partial charge < -0.3 is 14.5 Å². The molecule has 0 N–H and O–H groups in total. The Bertz CT molecular complexity index is 2210. The summed E-state index contributed by atoms with van der Waals surface area (Å²) in [5, 5.41) is 1.90. The van der Waals surface area contributed by atoms with Crippen LogP contribution in [0.2, 0.25) is 0 Å². The number of hydrogen-bond acceptors (Lipinski definition) is 8. The minimum atomic E-state index is -0.940. The smallest absolute Gasteiger partial charge is 0.319 e. The molecule has 9 nitrogen and oxygen atoms in total. The molecule has 0 saturated carbocycles. The number of rotatable bonds is 7. The lowest BCUT2D eigenvalue weighted by Crippen LogP contribution is -2.49. The van der Waals surface area contributed by atoms with Crippen LogP contribution in [-0.4, -0.2) is 93.2 Å². The van der Waals surface area contributed by atoms with Gasteiger partial charge in [-0.25, -0.2) is 13.2 Å². The first-order chi connectivity index (χ1) is 24.8. The summed E-state index contributed by atoms with van der Waals surface area (Å²) >= 11 is 0. The lowest BCUT2D eigenvalue weighted by atomic mass is 9.95.